The molecule has 0 bridgehead atoms. The number of benzene rings is 2. The van der Waals surface area contributed by atoms with Crippen molar-refractivity contribution in [3.05, 3.63) is 75.5 Å². The number of amides is 2. The van der Waals surface area contributed by atoms with Crippen molar-refractivity contribution >= 4 is 28.8 Å². The number of nitro benzene ring substituents is 1. The number of nitro groups is 1. The van der Waals surface area contributed by atoms with E-state index in [4.69, 9.17) is 0 Å². The van der Waals surface area contributed by atoms with Crippen LogP contribution >= 0.6 is 0 Å². The van der Waals surface area contributed by atoms with Crippen molar-refractivity contribution in [2.45, 2.75) is 20.3 Å². The summed E-state index contributed by atoms with van der Waals surface area (Å²) in [5, 5.41) is 11.0. The van der Waals surface area contributed by atoms with Gasteiger partial charge in [0.05, 0.1) is 16.2 Å². The van der Waals surface area contributed by atoms with Gasteiger partial charge in [0.1, 0.15) is 17.3 Å². The lowest BCUT2D eigenvalue weighted by Crippen LogP contribution is -2.42. The van der Waals surface area contributed by atoms with Crippen LogP contribution in [0.3, 0.4) is 0 Å². The second-order valence-corrected chi connectivity index (χ2v) is 8.42. The Labute approximate surface area is 183 Å². The highest BCUT2D eigenvalue weighted by atomic mass is 19.1. The van der Waals surface area contributed by atoms with Gasteiger partial charge in [0, 0.05) is 31.3 Å². The predicted molar refractivity (Wildman–Crippen MR) is 113 cm³/mol. The lowest BCUT2D eigenvalue weighted by molar-refractivity contribution is -0.384. The molecule has 2 aromatic carbocycles. The molecule has 0 aliphatic carbocycles. The molecular weight excluding hydrogens is 420 g/mol. The van der Waals surface area contributed by atoms with Gasteiger partial charge in [-0.25, -0.2) is 13.7 Å². The molecule has 2 atom stereocenters. The first-order valence-corrected chi connectivity index (χ1v) is 10.2. The molecule has 0 saturated carbocycles. The van der Waals surface area contributed by atoms with Crippen molar-refractivity contribution in [1.29, 1.82) is 0 Å². The second kappa shape index (κ2) is 8.14. The first kappa shape index (κ1) is 21.6. The van der Waals surface area contributed by atoms with Crippen molar-refractivity contribution in [2.24, 2.45) is 11.8 Å². The van der Waals surface area contributed by atoms with Gasteiger partial charge in [0.2, 0.25) is 0 Å². The number of halogens is 2. The molecule has 2 heterocycles. The molecule has 2 aliphatic heterocycles. The van der Waals surface area contributed by atoms with Crippen LogP contribution in [0.4, 0.5) is 20.2 Å². The van der Waals surface area contributed by atoms with Gasteiger partial charge in [0.25, 0.3) is 17.5 Å². The summed E-state index contributed by atoms with van der Waals surface area (Å²) in [5.74, 6) is -2.78. The quantitative estimate of drug-likeness (QED) is 0.405. The molecule has 0 N–H and O–H groups in total. The number of hydrogen-bond donors (Lipinski definition) is 0. The van der Waals surface area contributed by atoms with Crippen LogP contribution in [-0.4, -0.2) is 34.7 Å². The zero-order valence-electron chi connectivity index (χ0n) is 17.5. The lowest BCUT2D eigenvalue weighted by atomic mass is 9.91. The Morgan fingerprint density at radius 1 is 0.969 bits per heavy atom. The van der Waals surface area contributed by atoms with E-state index in [1.54, 1.807) is 0 Å². The molecule has 7 nitrogen and oxygen atoms in total. The molecule has 32 heavy (non-hydrogen) atoms. The molecule has 0 radical (unpaired) electrons. The number of rotatable bonds is 4. The van der Waals surface area contributed by atoms with Crippen molar-refractivity contribution in [2.75, 3.05) is 18.0 Å². The fourth-order valence-electron chi connectivity index (χ4n) is 4.55. The fourth-order valence-corrected chi connectivity index (χ4v) is 4.55. The molecule has 1 saturated heterocycles. The first-order chi connectivity index (χ1) is 15.2. The fraction of sp³-hybridized carbons (Fsp3) is 0.304. The number of carbonyl (C=O) groups excluding carboxylic acids is 2. The van der Waals surface area contributed by atoms with Gasteiger partial charge in [-0.2, -0.15) is 0 Å². The maximum Gasteiger partial charge on any atom is 0.282 e. The third-order valence-corrected chi connectivity index (χ3v) is 5.76. The number of hydrogen-bond acceptors (Lipinski definition) is 5. The summed E-state index contributed by atoms with van der Waals surface area (Å²) in [7, 11) is 0. The van der Waals surface area contributed by atoms with Crippen LogP contribution in [0.1, 0.15) is 25.8 Å². The Hall–Kier alpha value is -3.62. The summed E-state index contributed by atoms with van der Waals surface area (Å²) >= 11 is 0. The molecule has 0 spiro atoms. The summed E-state index contributed by atoms with van der Waals surface area (Å²) in [6, 6.07) is 7.96. The highest BCUT2D eigenvalue weighted by Gasteiger charge is 2.44. The van der Waals surface area contributed by atoms with E-state index in [0.29, 0.717) is 29.6 Å². The van der Waals surface area contributed by atoms with Gasteiger partial charge >= 0.3 is 0 Å². The molecule has 2 aliphatic rings. The summed E-state index contributed by atoms with van der Waals surface area (Å²) in [4.78, 5) is 39.9. The monoisotopic (exact) mass is 441 g/mol. The van der Waals surface area contributed by atoms with E-state index in [1.807, 2.05) is 18.7 Å². The summed E-state index contributed by atoms with van der Waals surface area (Å²) in [6.07, 6.45) is 0.967. The van der Waals surface area contributed by atoms with Gasteiger partial charge in [-0.05, 0) is 48.1 Å². The van der Waals surface area contributed by atoms with E-state index in [0.717, 1.165) is 18.6 Å². The maximum absolute atomic E-state index is 14.5. The van der Waals surface area contributed by atoms with Crippen LogP contribution in [0, 0.1) is 33.6 Å². The Balaban J connectivity index is 1.85. The number of nitrogens with zero attached hydrogens (tertiary/aromatic N) is 3. The highest BCUT2D eigenvalue weighted by Crippen LogP contribution is 2.38. The zero-order valence-corrected chi connectivity index (χ0v) is 17.5. The normalized spacial score (nSPS) is 21.5. The molecule has 2 amide bonds. The third-order valence-electron chi connectivity index (χ3n) is 5.76. The highest BCUT2D eigenvalue weighted by molar-refractivity contribution is 6.45. The van der Waals surface area contributed by atoms with Gasteiger partial charge in [-0.1, -0.05) is 13.8 Å². The average molecular weight is 441 g/mol. The van der Waals surface area contributed by atoms with E-state index in [2.05, 4.69) is 0 Å². The van der Waals surface area contributed by atoms with Gasteiger partial charge < -0.3 is 4.90 Å². The summed E-state index contributed by atoms with van der Waals surface area (Å²) < 4.78 is 27.9. The topological polar surface area (TPSA) is 83.8 Å². The standard InChI is InChI=1S/C23H21F2N3O4/c1-13-9-14(2)12-26(11-13)21-20(15-3-6-17(7-4-15)28(31)32)22(29)27(23(21)30)19-8-5-16(24)10-18(19)25/h3-8,10,13-14H,9,11-12H2,1-2H3. The number of non-ortho nitro benzene ring substituents is 1. The minimum atomic E-state index is -1.03. The number of anilines is 1. The molecule has 166 valence electrons. The van der Waals surface area contributed by atoms with E-state index in [9.17, 15) is 28.5 Å². The van der Waals surface area contributed by atoms with Crippen LogP contribution in [0.2, 0.25) is 0 Å². The van der Waals surface area contributed by atoms with Crippen LogP contribution in [0.15, 0.2) is 48.2 Å². The minimum absolute atomic E-state index is 0.0509. The number of imide groups is 1. The molecule has 0 aromatic heterocycles. The Morgan fingerprint density at radius 2 is 1.59 bits per heavy atom. The summed E-state index contributed by atoms with van der Waals surface area (Å²) in [5.41, 5.74) is 0.00370. The van der Waals surface area contributed by atoms with Gasteiger partial charge in [0.15, 0.2) is 0 Å². The van der Waals surface area contributed by atoms with Crippen molar-refractivity contribution in [3.63, 3.8) is 0 Å². The van der Waals surface area contributed by atoms with E-state index in [1.165, 1.54) is 24.3 Å². The smallest absolute Gasteiger partial charge is 0.282 e. The zero-order chi connectivity index (χ0) is 23.2. The van der Waals surface area contributed by atoms with E-state index < -0.39 is 28.4 Å². The lowest BCUT2D eigenvalue weighted by Gasteiger charge is -2.37. The molecule has 2 aromatic rings. The molecule has 4 rings (SSSR count). The Bertz CT molecular complexity index is 1140. The van der Waals surface area contributed by atoms with Crippen LogP contribution in [-0.2, 0) is 9.59 Å². The third kappa shape index (κ3) is 3.74. The minimum Gasteiger partial charge on any atom is -0.366 e. The van der Waals surface area contributed by atoms with E-state index >= 15 is 0 Å². The van der Waals surface area contributed by atoms with E-state index in [-0.39, 0.29) is 34.5 Å². The SMILES string of the molecule is CC1CC(C)CN(C2=C(c3ccc([N+](=O)[O-])cc3)C(=O)N(c3ccc(F)cc3F)C2=O)C1. The summed E-state index contributed by atoms with van der Waals surface area (Å²) in [6.45, 7) is 5.17. The molecular formula is C23H21F2N3O4. The maximum atomic E-state index is 14.5. The van der Waals surface area contributed by atoms with Gasteiger partial charge in [-0.15, -0.1) is 0 Å². The second-order valence-electron chi connectivity index (χ2n) is 8.42. The van der Waals surface area contributed by atoms with Crippen molar-refractivity contribution in [1.82, 2.24) is 4.90 Å². The van der Waals surface area contributed by atoms with Crippen LogP contribution < -0.4 is 4.90 Å². The predicted octanol–water partition coefficient (Wildman–Crippen LogP) is 4.14. The molecule has 2 unspecified atom stereocenters. The number of carbonyl (C=O) groups is 2. The van der Waals surface area contributed by atoms with Crippen LogP contribution in [0.25, 0.3) is 5.57 Å². The Kier molecular flexibility index (Phi) is 5.50. The molecule has 9 heteroatoms. The number of likely N-dealkylation sites (tertiary alicyclic amines) is 1. The van der Waals surface area contributed by atoms with Crippen molar-refractivity contribution < 1.29 is 23.3 Å². The Morgan fingerprint density at radius 3 is 2.16 bits per heavy atom. The van der Waals surface area contributed by atoms with Crippen LogP contribution in [0.5, 0.6) is 0 Å². The van der Waals surface area contributed by atoms with Crippen molar-refractivity contribution in [3.8, 4) is 0 Å². The largest absolute Gasteiger partial charge is 0.366 e. The average Bonchev–Trinajstić information content (AvgIpc) is 2.98. The van der Waals surface area contributed by atoms with Gasteiger partial charge in [-0.3, -0.25) is 19.7 Å². The first-order valence-electron chi connectivity index (χ1n) is 10.2. The number of piperidine rings is 1. The molecule has 1 fully saturated rings.